The summed E-state index contributed by atoms with van der Waals surface area (Å²) in [6, 6.07) is 32.8. The van der Waals surface area contributed by atoms with Crippen molar-refractivity contribution in [3.63, 3.8) is 0 Å². The van der Waals surface area contributed by atoms with Crippen LogP contribution in [0.25, 0.3) is 22.3 Å². The molecule has 4 aromatic carbocycles. The Balaban J connectivity index is 0.000000214. The zero-order valence-corrected chi connectivity index (χ0v) is 61.5. The Kier molecular flexibility index (Phi) is 27.9. The number of aliphatic hydroxyl groups is 3. The van der Waals surface area contributed by atoms with E-state index in [0.29, 0.717) is 44.6 Å². The van der Waals surface area contributed by atoms with Gasteiger partial charge in [-0.15, -0.1) is 0 Å². The molecule has 0 aliphatic heterocycles. The van der Waals surface area contributed by atoms with Gasteiger partial charge >= 0.3 is 24.1 Å². The van der Waals surface area contributed by atoms with E-state index < -0.39 is 42.4 Å². The number of rotatable bonds is 27. The average molecular weight is 1360 g/mol. The number of aliphatic carboxylic acids is 1. The molecule has 0 aromatic heterocycles. The molecule has 0 heterocycles. The lowest BCUT2D eigenvalue weighted by Gasteiger charge is -2.24. The first-order valence-electron chi connectivity index (χ1n) is 32.9. The third-order valence-electron chi connectivity index (χ3n) is 18.0. The van der Waals surface area contributed by atoms with E-state index in [-0.39, 0.29) is 87.5 Å². The van der Waals surface area contributed by atoms with Gasteiger partial charge in [-0.2, -0.15) is 0 Å². The fourth-order valence-corrected chi connectivity index (χ4v) is 21.4. The Bertz CT molecular complexity index is 3420. The van der Waals surface area contributed by atoms with Crippen LogP contribution in [0.3, 0.4) is 0 Å². The first-order chi connectivity index (χ1) is 45.0. The number of carbonyl (C=O) groups excluding carboxylic acids is 5. The number of carbonyl (C=O) groups is 6. The summed E-state index contributed by atoms with van der Waals surface area (Å²) in [7, 11) is -1.62. The Morgan fingerprint density at radius 3 is 1.17 bits per heavy atom. The van der Waals surface area contributed by atoms with E-state index in [1.807, 2.05) is 48.5 Å². The molecule has 0 radical (unpaired) electrons. The summed E-state index contributed by atoms with van der Waals surface area (Å²) in [5, 5.41) is 49.8. The fraction of sp³-hybridized carbons (Fsp3) is 0.479. The molecule has 0 saturated carbocycles. The zero-order chi connectivity index (χ0) is 70.1. The lowest BCUT2D eigenvalue weighted by molar-refractivity contribution is -0.139. The number of carboxylic acids is 1. The van der Waals surface area contributed by atoms with Crippen LogP contribution >= 0.6 is 0 Å². The minimum Gasteiger partial charge on any atom is -0.480 e. The van der Waals surface area contributed by atoms with E-state index in [2.05, 4.69) is 167 Å². The van der Waals surface area contributed by atoms with Gasteiger partial charge in [-0.25, -0.2) is 9.59 Å². The van der Waals surface area contributed by atoms with Gasteiger partial charge in [-0.1, -0.05) is 200 Å². The SMILES string of the molecule is CC1=C([Si](C)(C)C)C1CN(CC(=O)NCCO)C(=O)OCC1c2ccccc2-c2ccccc21.CC1=C([Si](C)(C)C)C1CN(CC(=O)O)C(=O)OCC1c2ccccc2-c2ccccc21.CC1=CC1CNCC(=O)NCCO.CO.COC(=O)CNCC1C(C)=C1[Si](C)(C)C. The second-order valence-electron chi connectivity index (χ2n) is 28.0. The second kappa shape index (κ2) is 34.6. The number of esters is 1. The van der Waals surface area contributed by atoms with E-state index in [1.165, 1.54) is 71.8 Å². The molecule has 4 unspecified atom stereocenters. The molecule has 0 saturated heterocycles. The van der Waals surface area contributed by atoms with Gasteiger partial charge in [-0.05, 0) is 72.2 Å². The fourth-order valence-electron chi connectivity index (χ4n) is 13.5. The number of benzene rings is 4. The van der Waals surface area contributed by atoms with Crippen molar-refractivity contribution < 1.29 is 63.4 Å². The highest BCUT2D eigenvalue weighted by Gasteiger charge is 2.45. The molecule has 4 amide bonds. The summed E-state index contributed by atoms with van der Waals surface area (Å²) in [4.78, 5) is 74.7. The van der Waals surface area contributed by atoms with Gasteiger partial charge in [0.05, 0.1) is 57.6 Å². The van der Waals surface area contributed by atoms with Gasteiger partial charge in [0.25, 0.3) is 0 Å². The van der Waals surface area contributed by atoms with Crippen LogP contribution in [0.1, 0.15) is 61.8 Å². The van der Waals surface area contributed by atoms with Gasteiger partial charge in [0, 0.05) is 81.9 Å². The number of fused-ring (bicyclic) bond motifs is 6. The van der Waals surface area contributed by atoms with Gasteiger partial charge in [0.15, 0.2) is 0 Å². The Morgan fingerprint density at radius 1 is 0.484 bits per heavy atom. The molecule has 0 spiro atoms. The van der Waals surface area contributed by atoms with Crippen LogP contribution in [0.2, 0.25) is 58.9 Å². The average Bonchev–Trinajstić information content (AvgIpc) is 1.60. The summed E-state index contributed by atoms with van der Waals surface area (Å²) < 4.78 is 16.1. The first-order valence-corrected chi connectivity index (χ1v) is 43.4. The number of nitrogens with zero attached hydrogens (tertiary/aromatic N) is 2. The van der Waals surface area contributed by atoms with Gasteiger partial charge < -0.3 is 55.9 Å². The summed E-state index contributed by atoms with van der Waals surface area (Å²) >= 11 is 0. The highest BCUT2D eigenvalue weighted by Crippen LogP contribution is 2.49. The Hall–Kier alpha value is -7.29. The summed E-state index contributed by atoms with van der Waals surface area (Å²) in [5.41, 5.74) is 14.9. The molecule has 6 aliphatic rings. The summed E-state index contributed by atoms with van der Waals surface area (Å²) in [6.07, 6.45) is 1.13. The summed E-state index contributed by atoms with van der Waals surface area (Å²) in [5.74, 6) is -0.0376. The Morgan fingerprint density at radius 2 is 0.832 bits per heavy atom. The van der Waals surface area contributed by atoms with E-state index in [1.54, 1.807) is 5.20 Å². The van der Waals surface area contributed by atoms with Crippen LogP contribution in [0.5, 0.6) is 0 Å². The van der Waals surface area contributed by atoms with Crippen molar-refractivity contribution in [1.82, 2.24) is 31.1 Å². The van der Waals surface area contributed by atoms with Crippen LogP contribution in [-0.2, 0) is 33.4 Å². The highest BCUT2D eigenvalue weighted by atomic mass is 28.3. The van der Waals surface area contributed by atoms with E-state index in [0.717, 1.165) is 42.5 Å². The third kappa shape index (κ3) is 21.4. The lowest BCUT2D eigenvalue weighted by Crippen LogP contribution is -2.43. The second-order valence-corrected chi connectivity index (χ2v) is 43.1. The van der Waals surface area contributed by atoms with Crippen molar-refractivity contribution in [3.8, 4) is 22.3 Å². The predicted molar refractivity (Wildman–Crippen MR) is 383 cm³/mol. The number of hydrogen-bond donors (Lipinski definition) is 8. The lowest BCUT2D eigenvalue weighted by atomic mass is 9.98. The number of nitrogens with one attached hydrogen (secondary N) is 4. The maximum absolute atomic E-state index is 13.2. The van der Waals surface area contributed by atoms with E-state index >= 15 is 0 Å². The van der Waals surface area contributed by atoms with Crippen molar-refractivity contribution in [2.45, 2.75) is 98.5 Å². The molecule has 8 N–H and O–H groups in total. The van der Waals surface area contributed by atoms with Gasteiger partial charge in [0.2, 0.25) is 11.8 Å². The van der Waals surface area contributed by atoms with Crippen molar-refractivity contribution >= 4 is 60.2 Å². The van der Waals surface area contributed by atoms with Crippen molar-refractivity contribution in [2.75, 3.05) is 106 Å². The molecular weight excluding hydrogens is 1250 g/mol. The number of aliphatic hydroxyl groups excluding tert-OH is 3. The predicted octanol–water partition coefficient (Wildman–Crippen LogP) is 9.76. The minimum absolute atomic E-state index is 0.00493. The molecule has 516 valence electrons. The topological polar surface area (TPSA) is 266 Å². The van der Waals surface area contributed by atoms with Crippen LogP contribution in [0.15, 0.2) is 141 Å². The molecular formula is C73H104N6O13Si3. The molecule has 95 heavy (non-hydrogen) atoms. The van der Waals surface area contributed by atoms with Crippen LogP contribution in [-0.4, -0.2) is 196 Å². The molecule has 4 aromatic rings. The minimum atomic E-state index is -1.46. The molecule has 6 aliphatic carbocycles. The van der Waals surface area contributed by atoms with E-state index in [9.17, 15) is 33.9 Å². The quantitative estimate of drug-likeness (QED) is 0.0120. The van der Waals surface area contributed by atoms with Crippen molar-refractivity contribution in [2.24, 2.45) is 23.7 Å². The standard InChI is InChI=1S/C27H34N2O4Si.C25H29NO4Si.C11H21NO2Si.C9H16N2O2.CH4O/c1-18-23(26(18)34(2,3)4)15-29(16-25(31)28-13-14-30)27(32)33-17-24-21-11-7-5-9-19(21)20-10-6-8-12-22(20)24;1-16-21(24(16)31(2,3)4)13-26(14-23(27)28)25(29)30-15-22-19-11-7-5-9-17(19)18-10-6-8-12-20(18)22;1-8-9(11(8)15(3,4)5)6-12-7-10(13)14-2;1-7-4-8(7)5-10-6-9(13)11-2-3-12;1-2/h5-12,23-24,30H,13-17H2,1-4H3,(H,28,31);5-12,21-22H,13-15H2,1-4H3,(H,27,28);9,12H,6-7H2,1-5H3;4,8,10,12H,2-3,5-6H2,1H3,(H,11,13);2H,1H3. The van der Waals surface area contributed by atoms with Crippen LogP contribution < -0.4 is 21.3 Å². The molecule has 0 fully saturated rings. The third-order valence-corrected chi connectivity index (χ3v) is 25.1. The molecule has 22 heteroatoms. The molecule has 19 nitrogen and oxygen atoms in total. The highest BCUT2D eigenvalue weighted by molar-refractivity contribution is 6.85. The van der Waals surface area contributed by atoms with Crippen LogP contribution in [0.4, 0.5) is 9.59 Å². The zero-order valence-electron chi connectivity index (χ0n) is 58.5. The summed E-state index contributed by atoms with van der Waals surface area (Å²) in [6.45, 7) is 32.9. The molecule has 4 atom stereocenters. The smallest absolute Gasteiger partial charge is 0.410 e. The van der Waals surface area contributed by atoms with Crippen molar-refractivity contribution in [1.29, 1.82) is 0 Å². The number of ether oxygens (including phenoxy) is 3. The number of methoxy groups -OCH3 is 1. The normalized spacial score (nSPS) is 17.6. The molecule has 0 bridgehead atoms. The monoisotopic (exact) mass is 1360 g/mol. The molecule has 10 rings (SSSR count). The van der Waals surface area contributed by atoms with Gasteiger partial charge in [-0.3, -0.25) is 29.0 Å². The van der Waals surface area contributed by atoms with Crippen LogP contribution in [0, 0.1) is 23.7 Å². The number of hydrogen-bond acceptors (Lipinski definition) is 14. The van der Waals surface area contributed by atoms with E-state index in [4.69, 9.17) is 24.8 Å². The first kappa shape index (κ1) is 76.7. The Labute approximate surface area is 565 Å². The van der Waals surface area contributed by atoms with Gasteiger partial charge in [0.1, 0.15) is 26.3 Å². The number of amides is 4. The largest absolute Gasteiger partial charge is 0.480 e. The number of carboxylic acid groups (broad SMARTS) is 1. The maximum atomic E-state index is 13.2. The maximum Gasteiger partial charge on any atom is 0.410 e. The van der Waals surface area contributed by atoms with Crippen molar-refractivity contribution in [3.05, 3.63) is 163 Å².